The number of nitrogens with zero attached hydrogens (tertiary/aromatic N) is 2. The summed E-state index contributed by atoms with van der Waals surface area (Å²) in [5, 5.41) is 0. The molecule has 0 aromatic carbocycles. The van der Waals surface area contributed by atoms with Gasteiger partial charge in [0.2, 0.25) is 5.91 Å². The van der Waals surface area contributed by atoms with E-state index < -0.39 is 0 Å². The third-order valence-electron chi connectivity index (χ3n) is 2.64. The molecular weight excluding hydrogens is 202 g/mol. The summed E-state index contributed by atoms with van der Waals surface area (Å²) in [6, 6.07) is -0.315. The fourth-order valence-corrected chi connectivity index (χ4v) is 1.67. The molecule has 1 atom stereocenters. The topological polar surface area (TPSA) is 49.6 Å². The first kappa shape index (κ1) is 15.4. The van der Waals surface area contributed by atoms with Crippen molar-refractivity contribution in [3.8, 4) is 0 Å². The summed E-state index contributed by atoms with van der Waals surface area (Å²) >= 11 is 0. The summed E-state index contributed by atoms with van der Waals surface area (Å²) in [5.41, 5.74) is 5.83. The van der Waals surface area contributed by atoms with Gasteiger partial charge in [0.15, 0.2) is 0 Å². The second-order valence-corrected chi connectivity index (χ2v) is 4.47. The highest BCUT2D eigenvalue weighted by atomic mass is 16.2. The van der Waals surface area contributed by atoms with Gasteiger partial charge in [0.05, 0.1) is 6.04 Å². The SMILES string of the molecule is CCC[C@@H](N)C(=O)N(CC)CCCN(C)C. The molecular formula is C12H27N3O. The van der Waals surface area contributed by atoms with Crippen molar-refractivity contribution >= 4 is 5.91 Å². The number of carbonyl (C=O) groups is 1. The Morgan fingerprint density at radius 2 is 1.88 bits per heavy atom. The zero-order chi connectivity index (χ0) is 12.6. The van der Waals surface area contributed by atoms with E-state index in [1.807, 2.05) is 25.9 Å². The van der Waals surface area contributed by atoms with Crippen LogP contribution in [0.2, 0.25) is 0 Å². The zero-order valence-electron chi connectivity index (χ0n) is 11.2. The molecule has 16 heavy (non-hydrogen) atoms. The van der Waals surface area contributed by atoms with Crippen LogP contribution in [0.15, 0.2) is 0 Å². The van der Waals surface area contributed by atoms with Gasteiger partial charge in [-0.05, 0) is 40.4 Å². The minimum Gasteiger partial charge on any atom is -0.342 e. The largest absolute Gasteiger partial charge is 0.342 e. The summed E-state index contributed by atoms with van der Waals surface area (Å²) < 4.78 is 0. The third-order valence-corrected chi connectivity index (χ3v) is 2.64. The van der Waals surface area contributed by atoms with Crippen molar-refractivity contribution < 1.29 is 4.79 Å². The molecule has 0 aromatic heterocycles. The number of hydrogen-bond donors (Lipinski definition) is 1. The summed E-state index contributed by atoms with van der Waals surface area (Å²) in [6.45, 7) is 6.63. The first-order chi connectivity index (χ1) is 7.52. The van der Waals surface area contributed by atoms with Crippen molar-refractivity contribution in [1.29, 1.82) is 0 Å². The van der Waals surface area contributed by atoms with Gasteiger partial charge >= 0.3 is 0 Å². The van der Waals surface area contributed by atoms with Crippen molar-refractivity contribution in [3.63, 3.8) is 0 Å². The molecule has 0 unspecified atom stereocenters. The minimum absolute atomic E-state index is 0.100. The fourth-order valence-electron chi connectivity index (χ4n) is 1.67. The van der Waals surface area contributed by atoms with Crippen molar-refractivity contribution in [1.82, 2.24) is 9.80 Å². The van der Waals surface area contributed by atoms with Crippen LogP contribution in [-0.4, -0.2) is 55.5 Å². The molecule has 96 valence electrons. The lowest BCUT2D eigenvalue weighted by Crippen LogP contribution is -2.44. The number of amides is 1. The molecule has 1 amide bonds. The van der Waals surface area contributed by atoms with Crippen molar-refractivity contribution in [3.05, 3.63) is 0 Å². The molecule has 0 aliphatic heterocycles. The highest BCUT2D eigenvalue weighted by Gasteiger charge is 2.18. The lowest BCUT2D eigenvalue weighted by molar-refractivity contribution is -0.132. The van der Waals surface area contributed by atoms with Gasteiger partial charge in [0.1, 0.15) is 0 Å². The predicted molar refractivity (Wildman–Crippen MR) is 68.3 cm³/mol. The number of hydrogen-bond acceptors (Lipinski definition) is 3. The van der Waals surface area contributed by atoms with E-state index >= 15 is 0 Å². The van der Waals surface area contributed by atoms with Gasteiger partial charge in [-0.2, -0.15) is 0 Å². The van der Waals surface area contributed by atoms with E-state index in [0.717, 1.165) is 38.9 Å². The maximum Gasteiger partial charge on any atom is 0.239 e. The van der Waals surface area contributed by atoms with Crippen LogP contribution in [0.3, 0.4) is 0 Å². The van der Waals surface area contributed by atoms with Gasteiger partial charge in [-0.25, -0.2) is 0 Å². The number of carbonyl (C=O) groups excluding carboxylic acids is 1. The first-order valence-electron chi connectivity index (χ1n) is 6.22. The minimum atomic E-state index is -0.315. The summed E-state index contributed by atoms with van der Waals surface area (Å²) in [4.78, 5) is 15.9. The lowest BCUT2D eigenvalue weighted by atomic mass is 10.1. The van der Waals surface area contributed by atoms with Gasteiger partial charge in [-0.3, -0.25) is 4.79 Å². The highest BCUT2D eigenvalue weighted by Crippen LogP contribution is 2.01. The molecule has 0 aliphatic rings. The maximum absolute atomic E-state index is 11.9. The first-order valence-corrected chi connectivity index (χ1v) is 6.22. The molecule has 0 radical (unpaired) electrons. The molecule has 0 heterocycles. The average Bonchev–Trinajstić information content (AvgIpc) is 2.23. The Balaban J connectivity index is 4.01. The van der Waals surface area contributed by atoms with E-state index in [9.17, 15) is 4.79 Å². The van der Waals surface area contributed by atoms with Crippen LogP contribution in [0.1, 0.15) is 33.1 Å². The molecule has 0 bridgehead atoms. The molecule has 4 heteroatoms. The van der Waals surface area contributed by atoms with Crippen LogP contribution in [0.25, 0.3) is 0 Å². The predicted octanol–water partition coefficient (Wildman–Crippen LogP) is 0.914. The van der Waals surface area contributed by atoms with Gasteiger partial charge in [0.25, 0.3) is 0 Å². The standard InChI is InChI=1S/C12H27N3O/c1-5-8-11(13)12(16)15(6-2)10-7-9-14(3)4/h11H,5-10,13H2,1-4H3/t11-/m1/s1. The van der Waals surface area contributed by atoms with Crippen LogP contribution in [-0.2, 0) is 4.79 Å². The second-order valence-electron chi connectivity index (χ2n) is 4.47. The molecule has 0 saturated heterocycles. The van der Waals surface area contributed by atoms with Crippen LogP contribution < -0.4 is 5.73 Å². The highest BCUT2D eigenvalue weighted by molar-refractivity contribution is 5.81. The Morgan fingerprint density at radius 3 is 2.31 bits per heavy atom. The Kier molecular flexibility index (Phi) is 8.21. The molecule has 0 fully saturated rings. The molecule has 2 N–H and O–H groups in total. The van der Waals surface area contributed by atoms with Gasteiger partial charge in [-0.1, -0.05) is 13.3 Å². The summed E-state index contributed by atoms with van der Waals surface area (Å²) in [5.74, 6) is 0.100. The number of nitrogens with two attached hydrogens (primary N) is 1. The van der Waals surface area contributed by atoms with Crippen molar-refractivity contribution in [2.75, 3.05) is 33.7 Å². The van der Waals surface area contributed by atoms with Gasteiger partial charge in [0, 0.05) is 13.1 Å². The van der Waals surface area contributed by atoms with E-state index in [-0.39, 0.29) is 11.9 Å². The Morgan fingerprint density at radius 1 is 1.25 bits per heavy atom. The van der Waals surface area contributed by atoms with E-state index in [1.54, 1.807) is 0 Å². The van der Waals surface area contributed by atoms with Gasteiger partial charge < -0.3 is 15.5 Å². The van der Waals surface area contributed by atoms with Gasteiger partial charge in [-0.15, -0.1) is 0 Å². The van der Waals surface area contributed by atoms with E-state index in [4.69, 9.17) is 5.73 Å². The quantitative estimate of drug-likeness (QED) is 0.673. The van der Waals surface area contributed by atoms with E-state index in [2.05, 4.69) is 11.8 Å². The molecule has 0 aromatic rings. The fraction of sp³-hybridized carbons (Fsp3) is 0.917. The Hall–Kier alpha value is -0.610. The van der Waals surface area contributed by atoms with Crippen molar-refractivity contribution in [2.45, 2.75) is 39.2 Å². The van der Waals surface area contributed by atoms with E-state index in [1.165, 1.54) is 0 Å². The maximum atomic E-state index is 11.9. The van der Waals surface area contributed by atoms with Crippen LogP contribution in [0.4, 0.5) is 0 Å². The summed E-state index contributed by atoms with van der Waals surface area (Å²) in [6.07, 6.45) is 2.75. The molecule has 0 saturated carbocycles. The van der Waals surface area contributed by atoms with Crippen LogP contribution in [0.5, 0.6) is 0 Å². The zero-order valence-corrected chi connectivity index (χ0v) is 11.2. The summed E-state index contributed by atoms with van der Waals surface area (Å²) in [7, 11) is 4.09. The lowest BCUT2D eigenvalue weighted by Gasteiger charge is -2.24. The van der Waals surface area contributed by atoms with Crippen LogP contribution >= 0.6 is 0 Å². The second kappa shape index (κ2) is 8.53. The normalized spacial score (nSPS) is 12.9. The van der Waals surface area contributed by atoms with Crippen LogP contribution in [0, 0.1) is 0 Å². The molecule has 0 rings (SSSR count). The monoisotopic (exact) mass is 229 g/mol. The number of rotatable bonds is 8. The smallest absolute Gasteiger partial charge is 0.239 e. The number of likely N-dealkylation sites (N-methyl/N-ethyl adjacent to an activating group) is 1. The molecule has 4 nitrogen and oxygen atoms in total. The third kappa shape index (κ3) is 6.08. The van der Waals surface area contributed by atoms with Crippen molar-refractivity contribution in [2.24, 2.45) is 5.73 Å². The average molecular weight is 229 g/mol. The molecule has 0 aliphatic carbocycles. The molecule has 0 spiro atoms. The Bertz CT molecular complexity index is 195. The van der Waals surface area contributed by atoms with E-state index in [0.29, 0.717) is 0 Å². The Labute approximate surface area is 99.8 Å².